The van der Waals surface area contributed by atoms with Crippen molar-refractivity contribution in [2.75, 3.05) is 0 Å². The predicted octanol–water partition coefficient (Wildman–Crippen LogP) is 1.85. The second kappa shape index (κ2) is 6.56. The van der Waals surface area contributed by atoms with Crippen molar-refractivity contribution in [3.8, 4) is 5.75 Å². The van der Waals surface area contributed by atoms with Gasteiger partial charge in [0.25, 0.3) is 5.91 Å². The van der Waals surface area contributed by atoms with Gasteiger partial charge in [-0.2, -0.15) is 0 Å². The summed E-state index contributed by atoms with van der Waals surface area (Å²) in [5.74, 6) is -1.04. The van der Waals surface area contributed by atoms with Gasteiger partial charge < -0.3 is 15.2 Å². The summed E-state index contributed by atoms with van der Waals surface area (Å²) >= 11 is 0. The molecule has 0 aliphatic heterocycles. The van der Waals surface area contributed by atoms with Crippen LogP contribution in [0.25, 0.3) is 0 Å². The molecular weight excluding hydrogens is 272 g/mol. The zero-order valence-electron chi connectivity index (χ0n) is 12.2. The highest BCUT2D eigenvalue weighted by Gasteiger charge is 2.31. The lowest BCUT2D eigenvalue weighted by molar-refractivity contribution is -0.141. The lowest BCUT2D eigenvalue weighted by Crippen LogP contribution is -2.34. The van der Waals surface area contributed by atoms with E-state index in [9.17, 15) is 9.59 Å². The minimum Gasteiger partial charge on any atom is -0.489 e. The average Bonchev–Trinajstić information content (AvgIpc) is 2.87. The molecule has 1 fully saturated rings. The summed E-state index contributed by atoms with van der Waals surface area (Å²) in [4.78, 5) is 27.3. The van der Waals surface area contributed by atoms with Crippen molar-refractivity contribution in [3.05, 3.63) is 24.0 Å². The molecule has 1 aromatic rings. The van der Waals surface area contributed by atoms with Gasteiger partial charge in [-0.05, 0) is 45.2 Å². The molecule has 1 saturated carbocycles. The Labute approximate surface area is 123 Å². The lowest BCUT2D eigenvalue weighted by atomic mass is 10.1. The number of nitrogens with zero attached hydrogens (tertiary/aromatic N) is 1. The zero-order chi connectivity index (χ0) is 15.4. The first-order valence-electron chi connectivity index (χ1n) is 7.12. The van der Waals surface area contributed by atoms with Gasteiger partial charge in [0.05, 0.1) is 12.0 Å². The summed E-state index contributed by atoms with van der Waals surface area (Å²) in [5, 5.41) is 11.8. The predicted molar refractivity (Wildman–Crippen MR) is 76.2 cm³/mol. The van der Waals surface area contributed by atoms with E-state index in [1.54, 1.807) is 12.1 Å². The largest absolute Gasteiger partial charge is 0.489 e. The molecule has 0 unspecified atom stereocenters. The summed E-state index contributed by atoms with van der Waals surface area (Å²) in [5.41, 5.74) is 0.241. The molecule has 2 atom stereocenters. The molecular formula is C15H20N2O4. The average molecular weight is 292 g/mol. The maximum Gasteiger partial charge on any atom is 0.306 e. The number of ether oxygens (including phenoxy) is 1. The van der Waals surface area contributed by atoms with Crippen molar-refractivity contribution < 1.29 is 19.4 Å². The van der Waals surface area contributed by atoms with Crippen LogP contribution in [0.2, 0.25) is 0 Å². The number of carboxylic acid groups (broad SMARTS) is 1. The molecule has 21 heavy (non-hydrogen) atoms. The van der Waals surface area contributed by atoms with E-state index in [-0.39, 0.29) is 29.7 Å². The van der Waals surface area contributed by atoms with Crippen LogP contribution in [0.5, 0.6) is 5.75 Å². The van der Waals surface area contributed by atoms with Gasteiger partial charge in [0.15, 0.2) is 11.4 Å². The summed E-state index contributed by atoms with van der Waals surface area (Å²) in [7, 11) is 0. The molecule has 1 aliphatic rings. The Bertz CT molecular complexity index is 530. The summed E-state index contributed by atoms with van der Waals surface area (Å²) in [6, 6.07) is 3.30. The first kappa shape index (κ1) is 15.3. The van der Waals surface area contributed by atoms with E-state index in [4.69, 9.17) is 9.84 Å². The molecule has 1 aliphatic carbocycles. The molecule has 2 rings (SSSR count). The molecule has 0 bridgehead atoms. The van der Waals surface area contributed by atoms with Crippen LogP contribution in [0.15, 0.2) is 18.3 Å². The molecule has 1 heterocycles. The van der Waals surface area contributed by atoms with Crippen LogP contribution in [-0.2, 0) is 4.79 Å². The fourth-order valence-electron chi connectivity index (χ4n) is 2.50. The number of amides is 1. The number of rotatable bonds is 5. The molecule has 6 nitrogen and oxygen atoms in total. The summed E-state index contributed by atoms with van der Waals surface area (Å²) in [6.07, 6.45) is 3.22. The third-order valence-corrected chi connectivity index (χ3v) is 3.47. The van der Waals surface area contributed by atoms with Gasteiger partial charge in [-0.15, -0.1) is 0 Å². The molecule has 0 aromatic carbocycles. The van der Waals surface area contributed by atoms with Crippen molar-refractivity contribution >= 4 is 11.9 Å². The monoisotopic (exact) mass is 292 g/mol. The zero-order valence-corrected chi connectivity index (χ0v) is 12.2. The molecule has 0 saturated heterocycles. The van der Waals surface area contributed by atoms with Crippen molar-refractivity contribution in [1.29, 1.82) is 0 Å². The van der Waals surface area contributed by atoms with Gasteiger partial charge >= 0.3 is 5.97 Å². The first-order valence-corrected chi connectivity index (χ1v) is 7.12. The fourth-order valence-corrected chi connectivity index (χ4v) is 2.50. The summed E-state index contributed by atoms with van der Waals surface area (Å²) < 4.78 is 5.57. The van der Waals surface area contributed by atoms with E-state index in [2.05, 4.69) is 10.3 Å². The van der Waals surface area contributed by atoms with E-state index >= 15 is 0 Å². The number of hydrogen-bond acceptors (Lipinski definition) is 4. The Morgan fingerprint density at radius 2 is 2.19 bits per heavy atom. The fraction of sp³-hybridized carbons (Fsp3) is 0.533. The van der Waals surface area contributed by atoms with E-state index < -0.39 is 5.97 Å². The topological polar surface area (TPSA) is 88.5 Å². The maximum atomic E-state index is 12.3. The summed E-state index contributed by atoms with van der Waals surface area (Å²) in [6.45, 7) is 3.76. The Hall–Kier alpha value is -2.11. The van der Waals surface area contributed by atoms with Crippen LogP contribution >= 0.6 is 0 Å². The Balaban J connectivity index is 2.02. The minimum absolute atomic E-state index is 0.0522. The van der Waals surface area contributed by atoms with Crippen LogP contribution in [0, 0.1) is 5.92 Å². The Kier molecular flexibility index (Phi) is 4.77. The lowest BCUT2D eigenvalue weighted by Gasteiger charge is -2.15. The standard InChI is InChI=1S/C15H20N2O4/c1-9(2)21-12-4-3-7-16-13(12)14(18)17-11-6-5-10(8-11)15(19)20/h3-4,7,9-11H,5-6,8H2,1-2H3,(H,17,18)(H,19,20)/t10-,11+/m1/s1. The highest BCUT2D eigenvalue weighted by atomic mass is 16.5. The molecule has 114 valence electrons. The number of hydrogen-bond donors (Lipinski definition) is 2. The molecule has 0 radical (unpaired) electrons. The third-order valence-electron chi connectivity index (χ3n) is 3.47. The third kappa shape index (κ3) is 3.93. The number of aromatic nitrogens is 1. The van der Waals surface area contributed by atoms with Gasteiger partial charge in [0.1, 0.15) is 0 Å². The number of carbonyl (C=O) groups is 2. The van der Waals surface area contributed by atoms with Gasteiger partial charge in [0, 0.05) is 12.2 Å². The van der Waals surface area contributed by atoms with Crippen molar-refractivity contribution in [1.82, 2.24) is 10.3 Å². The van der Waals surface area contributed by atoms with Gasteiger partial charge in [0.2, 0.25) is 0 Å². The van der Waals surface area contributed by atoms with Crippen LogP contribution in [-0.4, -0.2) is 34.1 Å². The number of aliphatic carboxylic acids is 1. The van der Waals surface area contributed by atoms with Gasteiger partial charge in [-0.1, -0.05) is 0 Å². The molecule has 0 spiro atoms. The molecule has 1 aromatic heterocycles. The Morgan fingerprint density at radius 1 is 1.43 bits per heavy atom. The normalized spacial score (nSPS) is 21.3. The van der Waals surface area contributed by atoms with E-state index in [0.717, 1.165) is 0 Å². The van der Waals surface area contributed by atoms with Crippen LogP contribution in [0.1, 0.15) is 43.6 Å². The molecule has 6 heteroatoms. The number of carboxylic acids is 1. The second-order valence-corrected chi connectivity index (χ2v) is 5.54. The van der Waals surface area contributed by atoms with E-state index in [1.807, 2.05) is 13.8 Å². The Morgan fingerprint density at radius 3 is 2.81 bits per heavy atom. The number of pyridine rings is 1. The van der Waals surface area contributed by atoms with Crippen molar-refractivity contribution in [2.45, 2.75) is 45.3 Å². The highest BCUT2D eigenvalue weighted by Crippen LogP contribution is 2.26. The van der Waals surface area contributed by atoms with Crippen LogP contribution in [0.3, 0.4) is 0 Å². The van der Waals surface area contributed by atoms with Crippen molar-refractivity contribution in [2.24, 2.45) is 5.92 Å². The van der Waals surface area contributed by atoms with Crippen molar-refractivity contribution in [3.63, 3.8) is 0 Å². The van der Waals surface area contributed by atoms with E-state index in [1.165, 1.54) is 6.20 Å². The highest BCUT2D eigenvalue weighted by molar-refractivity contribution is 5.95. The first-order chi connectivity index (χ1) is 9.97. The maximum absolute atomic E-state index is 12.3. The minimum atomic E-state index is -0.798. The van der Waals surface area contributed by atoms with E-state index in [0.29, 0.717) is 25.0 Å². The van der Waals surface area contributed by atoms with Gasteiger partial charge in [-0.25, -0.2) is 4.98 Å². The van der Waals surface area contributed by atoms with Gasteiger partial charge in [-0.3, -0.25) is 9.59 Å². The molecule has 2 N–H and O–H groups in total. The number of carbonyl (C=O) groups excluding carboxylic acids is 1. The smallest absolute Gasteiger partial charge is 0.306 e. The second-order valence-electron chi connectivity index (χ2n) is 5.54. The molecule has 1 amide bonds. The van der Waals surface area contributed by atoms with Crippen LogP contribution in [0.4, 0.5) is 0 Å². The quantitative estimate of drug-likeness (QED) is 0.864. The SMILES string of the molecule is CC(C)Oc1cccnc1C(=O)N[C@H]1CC[C@@H](C(=O)O)C1. The van der Waals surface area contributed by atoms with Crippen LogP contribution < -0.4 is 10.1 Å². The number of nitrogens with one attached hydrogen (secondary N) is 1.